The number of hydrogen-bond donors (Lipinski definition) is 2. The fraction of sp³-hybridized carbons (Fsp3) is 0.167. The van der Waals surface area contributed by atoms with E-state index in [2.05, 4.69) is 10.3 Å². The van der Waals surface area contributed by atoms with Gasteiger partial charge in [0.15, 0.2) is 5.13 Å². The highest BCUT2D eigenvalue weighted by Gasteiger charge is 2.02. The molecule has 17 heavy (non-hydrogen) atoms. The molecule has 0 aliphatic carbocycles. The number of carboxylic acid groups (broad SMARTS) is 1. The van der Waals surface area contributed by atoms with Crippen molar-refractivity contribution >= 4 is 22.4 Å². The monoisotopic (exact) mass is 248 g/mol. The first kappa shape index (κ1) is 11.6. The Morgan fingerprint density at radius 2 is 2.12 bits per heavy atom. The van der Waals surface area contributed by atoms with Crippen LogP contribution < -0.4 is 5.32 Å². The van der Waals surface area contributed by atoms with E-state index in [4.69, 9.17) is 5.11 Å². The molecule has 0 bridgehead atoms. The molecule has 0 spiro atoms. The summed E-state index contributed by atoms with van der Waals surface area (Å²) in [5, 5.41) is 14.8. The van der Waals surface area contributed by atoms with Gasteiger partial charge >= 0.3 is 5.97 Å². The van der Waals surface area contributed by atoms with E-state index in [1.165, 1.54) is 0 Å². The van der Waals surface area contributed by atoms with Gasteiger partial charge in [-0.2, -0.15) is 0 Å². The van der Waals surface area contributed by atoms with Crippen LogP contribution in [0.4, 0.5) is 5.13 Å². The number of benzene rings is 1. The fourth-order valence-corrected chi connectivity index (χ4v) is 2.07. The van der Waals surface area contributed by atoms with Crippen LogP contribution in [-0.4, -0.2) is 16.1 Å². The highest BCUT2D eigenvalue weighted by Crippen LogP contribution is 2.15. The molecule has 0 fully saturated rings. The molecule has 2 rings (SSSR count). The molecule has 88 valence electrons. The Hall–Kier alpha value is -1.88. The van der Waals surface area contributed by atoms with E-state index in [0.717, 1.165) is 16.4 Å². The van der Waals surface area contributed by atoms with Crippen molar-refractivity contribution in [3.8, 4) is 0 Å². The minimum absolute atomic E-state index is 0.304. The van der Waals surface area contributed by atoms with Crippen LogP contribution in [-0.2, 0) is 6.54 Å². The van der Waals surface area contributed by atoms with Gasteiger partial charge in [-0.15, -0.1) is 11.3 Å². The van der Waals surface area contributed by atoms with Crippen molar-refractivity contribution in [2.75, 3.05) is 5.32 Å². The first-order valence-corrected chi connectivity index (χ1v) is 6.01. The molecule has 1 aromatic heterocycles. The largest absolute Gasteiger partial charge is 0.478 e. The van der Waals surface area contributed by atoms with Gasteiger partial charge in [0.05, 0.1) is 11.3 Å². The fourth-order valence-electron chi connectivity index (χ4n) is 1.38. The number of nitrogens with one attached hydrogen (secondary N) is 1. The van der Waals surface area contributed by atoms with E-state index in [9.17, 15) is 4.79 Å². The van der Waals surface area contributed by atoms with Gasteiger partial charge in [-0.1, -0.05) is 12.1 Å². The van der Waals surface area contributed by atoms with Crippen LogP contribution in [0.2, 0.25) is 0 Å². The second kappa shape index (κ2) is 4.97. The third kappa shape index (κ3) is 3.04. The van der Waals surface area contributed by atoms with Gasteiger partial charge in [-0.25, -0.2) is 9.78 Å². The van der Waals surface area contributed by atoms with Gasteiger partial charge < -0.3 is 10.4 Å². The number of thiazole rings is 1. The minimum atomic E-state index is -0.903. The van der Waals surface area contributed by atoms with Crippen LogP contribution in [0.1, 0.15) is 21.6 Å². The molecule has 2 N–H and O–H groups in total. The van der Waals surface area contributed by atoms with Crippen LogP contribution in [0.3, 0.4) is 0 Å². The maximum Gasteiger partial charge on any atom is 0.335 e. The van der Waals surface area contributed by atoms with E-state index in [1.807, 2.05) is 12.3 Å². The molecule has 4 nitrogen and oxygen atoms in total. The van der Waals surface area contributed by atoms with Crippen molar-refractivity contribution in [1.29, 1.82) is 0 Å². The van der Waals surface area contributed by atoms with E-state index in [0.29, 0.717) is 12.1 Å². The summed E-state index contributed by atoms with van der Waals surface area (Å²) < 4.78 is 0. The van der Waals surface area contributed by atoms with Gasteiger partial charge in [-0.05, 0) is 24.6 Å². The lowest BCUT2D eigenvalue weighted by Crippen LogP contribution is -2.00. The standard InChI is InChI=1S/C12H12N2O2S/c1-8-7-17-12(14-8)13-6-9-2-4-10(5-3-9)11(15)16/h2-5,7H,6H2,1H3,(H,13,14)(H,15,16). The van der Waals surface area contributed by atoms with Crippen molar-refractivity contribution in [1.82, 2.24) is 4.98 Å². The average molecular weight is 248 g/mol. The lowest BCUT2D eigenvalue weighted by atomic mass is 10.1. The Balaban J connectivity index is 1.97. The summed E-state index contributed by atoms with van der Waals surface area (Å²) in [5.41, 5.74) is 2.33. The van der Waals surface area contributed by atoms with Gasteiger partial charge in [0, 0.05) is 11.9 Å². The van der Waals surface area contributed by atoms with Crippen LogP contribution in [0.15, 0.2) is 29.6 Å². The second-order valence-electron chi connectivity index (χ2n) is 3.65. The molecule has 0 aliphatic heterocycles. The Morgan fingerprint density at radius 3 is 2.65 bits per heavy atom. The second-order valence-corrected chi connectivity index (χ2v) is 4.51. The molecule has 2 aromatic rings. The topological polar surface area (TPSA) is 62.2 Å². The summed E-state index contributed by atoms with van der Waals surface area (Å²) in [6, 6.07) is 6.81. The van der Waals surface area contributed by atoms with Crippen LogP contribution in [0.5, 0.6) is 0 Å². The molecule has 0 saturated carbocycles. The van der Waals surface area contributed by atoms with Crippen molar-refractivity contribution in [2.45, 2.75) is 13.5 Å². The van der Waals surface area contributed by atoms with Crippen molar-refractivity contribution < 1.29 is 9.90 Å². The van der Waals surface area contributed by atoms with Gasteiger partial charge in [0.2, 0.25) is 0 Å². The molecule has 5 heteroatoms. The van der Waals surface area contributed by atoms with Crippen molar-refractivity contribution in [3.05, 3.63) is 46.5 Å². The first-order valence-electron chi connectivity index (χ1n) is 5.13. The number of nitrogens with zero attached hydrogens (tertiary/aromatic N) is 1. The number of carboxylic acids is 1. The minimum Gasteiger partial charge on any atom is -0.478 e. The predicted octanol–water partition coefficient (Wildman–Crippen LogP) is 2.76. The third-order valence-electron chi connectivity index (χ3n) is 2.26. The van der Waals surface area contributed by atoms with Gasteiger partial charge in [0.25, 0.3) is 0 Å². The van der Waals surface area contributed by atoms with E-state index in [-0.39, 0.29) is 0 Å². The zero-order valence-corrected chi connectivity index (χ0v) is 10.1. The summed E-state index contributed by atoms with van der Waals surface area (Å²) in [6.07, 6.45) is 0. The summed E-state index contributed by atoms with van der Waals surface area (Å²) in [6.45, 7) is 2.59. The number of aryl methyl sites for hydroxylation is 1. The number of aromatic nitrogens is 1. The molecule has 0 saturated heterocycles. The van der Waals surface area contributed by atoms with Gasteiger partial charge in [-0.3, -0.25) is 0 Å². The van der Waals surface area contributed by atoms with Crippen LogP contribution in [0, 0.1) is 6.92 Å². The molecule has 0 aliphatic rings. The SMILES string of the molecule is Cc1csc(NCc2ccc(C(=O)O)cc2)n1. The number of carbonyl (C=O) groups is 1. The van der Waals surface area contributed by atoms with Crippen LogP contribution in [0.25, 0.3) is 0 Å². The van der Waals surface area contributed by atoms with E-state index in [1.54, 1.807) is 35.6 Å². The Morgan fingerprint density at radius 1 is 1.41 bits per heavy atom. The van der Waals surface area contributed by atoms with Gasteiger partial charge in [0.1, 0.15) is 0 Å². The average Bonchev–Trinajstić information content (AvgIpc) is 2.73. The zero-order valence-electron chi connectivity index (χ0n) is 9.30. The smallest absolute Gasteiger partial charge is 0.335 e. The summed E-state index contributed by atoms with van der Waals surface area (Å²) in [5.74, 6) is -0.903. The highest BCUT2D eigenvalue weighted by atomic mass is 32.1. The molecular formula is C12H12N2O2S. The Kier molecular flexibility index (Phi) is 3.39. The molecule has 0 atom stereocenters. The predicted molar refractivity (Wildman–Crippen MR) is 67.6 cm³/mol. The van der Waals surface area contributed by atoms with Crippen molar-refractivity contribution in [3.63, 3.8) is 0 Å². The molecular weight excluding hydrogens is 236 g/mol. The Bertz CT molecular complexity index is 520. The summed E-state index contributed by atoms with van der Waals surface area (Å²) >= 11 is 1.56. The normalized spacial score (nSPS) is 10.2. The maximum atomic E-state index is 10.7. The molecule has 0 radical (unpaired) electrons. The lowest BCUT2D eigenvalue weighted by Gasteiger charge is -2.03. The van der Waals surface area contributed by atoms with Crippen LogP contribution >= 0.6 is 11.3 Å². The summed E-state index contributed by atoms with van der Waals surface area (Å²) in [4.78, 5) is 15.0. The quantitative estimate of drug-likeness (QED) is 0.873. The number of anilines is 1. The summed E-state index contributed by atoms with van der Waals surface area (Å²) in [7, 11) is 0. The third-order valence-corrected chi connectivity index (χ3v) is 3.18. The number of aromatic carboxylic acids is 1. The Labute approximate surface area is 103 Å². The zero-order chi connectivity index (χ0) is 12.3. The van der Waals surface area contributed by atoms with E-state index < -0.39 is 5.97 Å². The van der Waals surface area contributed by atoms with E-state index >= 15 is 0 Å². The maximum absolute atomic E-state index is 10.7. The number of hydrogen-bond acceptors (Lipinski definition) is 4. The molecule has 1 heterocycles. The molecule has 0 amide bonds. The first-order chi connectivity index (χ1) is 8.15. The highest BCUT2D eigenvalue weighted by molar-refractivity contribution is 7.13. The molecule has 0 unspecified atom stereocenters. The van der Waals surface area contributed by atoms with Crippen molar-refractivity contribution in [2.24, 2.45) is 0 Å². The lowest BCUT2D eigenvalue weighted by molar-refractivity contribution is 0.0697. The number of rotatable bonds is 4. The molecule has 1 aromatic carbocycles.